The molecular weight excluding hydrogens is 184 g/mol. The van der Waals surface area contributed by atoms with Crippen LogP contribution in [0.4, 0.5) is 0 Å². The van der Waals surface area contributed by atoms with E-state index in [4.69, 9.17) is 5.73 Å². The highest BCUT2D eigenvalue weighted by Crippen LogP contribution is 2.27. The van der Waals surface area contributed by atoms with Gasteiger partial charge in [-0.1, -0.05) is 12.2 Å². The predicted molar refractivity (Wildman–Crippen MR) is 64.7 cm³/mol. The Morgan fingerprint density at radius 1 is 1.33 bits per heavy atom. The third-order valence-corrected chi connectivity index (χ3v) is 4.02. The lowest BCUT2D eigenvalue weighted by atomic mass is 9.90. The zero-order chi connectivity index (χ0) is 10.7. The first-order valence-corrected chi connectivity index (χ1v) is 6.43. The van der Waals surface area contributed by atoms with E-state index in [1.54, 1.807) is 0 Å². The van der Waals surface area contributed by atoms with Gasteiger partial charge in [0.1, 0.15) is 0 Å². The molecule has 1 aliphatic heterocycles. The third-order valence-electron chi connectivity index (χ3n) is 4.02. The van der Waals surface area contributed by atoms with Crippen molar-refractivity contribution in [3.8, 4) is 0 Å². The quantitative estimate of drug-likeness (QED) is 0.705. The normalized spacial score (nSPS) is 38.1. The second-order valence-corrected chi connectivity index (χ2v) is 5.15. The summed E-state index contributed by atoms with van der Waals surface area (Å²) >= 11 is 0. The van der Waals surface area contributed by atoms with Crippen molar-refractivity contribution < 1.29 is 0 Å². The molecule has 0 amide bonds. The highest BCUT2D eigenvalue weighted by Gasteiger charge is 2.29. The molecule has 86 valence electrons. The molecule has 0 saturated carbocycles. The summed E-state index contributed by atoms with van der Waals surface area (Å²) in [6.45, 7) is 4.45. The molecule has 2 aliphatic rings. The summed E-state index contributed by atoms with van der Waals surface area (Å²) in [4.78, 5) is 2.68. The van der Waals surface area contributed by atoms with Crippen LogP contribution in [0.1, 0.15) is 39.0 Å². The zero-order valence-electron chi connectivity index (χ0n) is 9.86. The maximum atomic E-state index is 5.80. The van der Waals surface area contributed by atoms with Crippen LogP contribution >= 0.6 is 0 Å². The van der Waals surface area contributed by atoms with Crippen molar-refractivity contribution in [1.29, 1.82) is 0 Å². The molecule has 2 N–H and O–H groups in total. The second kappa shape index (κ2) is 5.13. The Morgan fingerprint density at radius 3 is 2.87 bits per heavy atom. The Morgan fingerprint density at radius 2 is 2.20 bits per heavy atom. The average Bonchev–Trinajstić information content (AvgIpc) is 2.31. The van der Waals surface area contributed by atoms with Crippen molar-refractivity contribution in [1.82, 2.24) is 4.90 Å². The molecule has 0 aromatic heterocycles. The summed E-state index contributed by atoms with van der Waals surface area (Å²) < 4.78 is 0. The summed E-state index contributed by atoms with van der Waals surface area (Å²) in [6, 6.07) is 1.45. The van der Waals surface area contributed by atoms with Crippen LogP contribution < -0.4 is 5.73 Å². The standard InChI is InChI=1S/C13H24N2/c1-11-7-8-12(9-14)10-15(11)13-5-3-2-4-6-13/h3,5,11-13H,2,4,6-10,14H2,1H3. The minimum absolute atomic E-state index is 0.697. The number of likely N-dealkylation sites (tertiary alicyclic amines) is 1. The molecule has 2 heteroatoms. The molecular formula is C13H24N2. The lowest BCUT2D eigenvalue weighted by molar-refractivity contribution is 0.0868. The van der Waals surface area contributed by atoms with Crippen LogP contribution in [0.3, 0.4) is 0 Å². The van der Waals surface area contributed by atoms with E-state index in [-0.39, 0.29) is 0 Å². The van der Waals surface area contributed by atoms with Gasteiger partial charge in [-0.05, 0) is 51.5 Å². The molecule has 2 nitrogen and oxygen atoms in total. The van der Waals surface area contributed by atoms with Gasteiger partial charge in [0, 0.05) is 18.6 Å². The van der Waals surface area contributed by atoms with Gasteiger partial charge >= 0.3 is 0 Å². The van der Waals surface area contributed by atoms with Gasteiger partial charge in [-0.25, -0.2) is 0 Å². The molecule has 2 rings (SSSR count). The van der Waals surface area contributed by atoms with Crippen molar-refractivity contribution in [2.24, 2.45) is 11.7 Å². The fourth-order valence-corrected chi connectivity index (χ4v) is 2.94. The molecule has 0 radical (unpaired) electrons. The van der Waals surface area contributed by atoms with Crippen LogP contribution in [0.15, 0.2) is 12.2 Å². The summed E-state index contributed by atoms with van der Waals surface area (Å²) in [6.07, 6.45) is 11.4. The van der Waals surface area contributed by atoms with E-state index in [0.29, 0.717) is 6.04 Å². The van der Waals surface area contributed by atoms with Crippen LogP contribution in [0, 0.1) is 5.92 Å². The van der Waals surface area contributed by atoms with Gasteiger partial charge in [0.2, 0.25) is 0 Å². The van der Waals surface area contributed by atoms with Crippen LogP contribution in [0.2, 0.25) is 0 Å². The molecule has 1 heterocycles. The SMILES string of the molecule is CC1CCC(CN)CN1C1C=CCCC1. The van der Waals surface area contributed by atoms with Crippen LogP contribution in [0.5, 0.6) is 0 Å². The molecule has 0 aromatic rings. The van der Waals surface area contributed by atoms with E-state index in [0.717, 1.165) is 18.5 Å². The number of nitrogens with two attached hydrogens (primary N) is 1. The Kier molecular flexibility index (Phi) is 3.81. The van der Waals surface area contributed by atoms with Gasteiger partial charge in [-0.2, -0.15) is 0 Å². The first kappa shape index (κ1) is 11.2. The fourth-order valence-electron chi connectivity index (χ4n) is 2.94. The highest BCUT2D eigenvalue weighted by molar-refractivity contribution is 5.01. The van der Waals surface area contributed by atoms with E-state index in [1.807, 2.05) is 0 Å². The van der Waals surface area contributed by atoms with Gasteiger partial charge in [0.05, 0.1) is 0 Å². The van der Waals surface area contributed by atoms with E-state index < -0.39 is 0 Å². The van der Waals surface area contributed by atoms with E-state index >= 15 is 0 Å². The lowest BCUT2D eigenvalue weighted by Gasteiger charge is -2.42. The minimum atomic E-state index is 0.697. The molecule has 0 bridgehead atoms. The Labute approximate surface area is 93.5 Å². The van der Waals surface area contributed by atoms with Gasteiger partial charge in [0.15, 0.2) is 0 Å². The van der Waals surface area contributed by atoms with Crippen molar-refractivity contribution in [2.75, 3.05) is 13.1 Å². The number of hydrogen-bond acceptors (Lipinski definition) is 2. The van der Waals surface area contributed by atoms with E-state index in [9.17, 15) is 0 Å². The van der Waals surface area contributed by atoms with Crippen molar-refractivity contribution in [3.63, 3.8) is 0 Å². The van der Waals surface area contributed by atoms with Crippen LogP contribution in [-0.4, -0.2) is 30.1 Å². The summed E-state index contributed by atoms with van der Waals surface area (Å²) in [7, 11) is 0. The first-order valence-electron chi connectivity index (χ1n) is 6.43. The second-order valence-electron chi connectivity index (χ2n) is 5.15. The number of piperidine rings is 1. The van der Waals surface area contributed by atoms with Gasteiger partial charge in [0.25, 0.3) is 0 Å². The molecule has 1 aliphatic carbocycles. The van der Waals surface area contributed by atoms with Crippen LogP contribution in [-0.2, 0) is 0 Å². The molecule has 1 saturated heterocycles. The fraction of sp³-hybridized carbons (Fsp3) is 0.846. The van der Waals surface area contributed by atoms with E-state index in [1.165, 1.54) is 38.6 Å². The topological polar surface area (TPSA) is 29.3 Å². The molecule has 3 atom stereocenters. The highest BCUT2D eigenvalue weighted by atomic mass is 15.2. The third kappa shape index (κ3) is 2.61. The maximum Gasteiger partial charge on any atom is 0.0281 e. The molecule has 15 heavy (non-hydrogen) atoms. The van der Waals surface area contributed by atoms with E-state index in [2.05, 4.69) is 24.0 Å². The Bertz CT molecular complexity index is 225. The summed E-state index contributed by atoms with van der Waals surface area (Å²) in [5.74, 6) is 0.733. The number of allylic oxidation sites excluding steroid dienone is 1. The molecule has 0 aromatic carbocycles. The minimum Gasteiger partial charge on any atom is -0.330 e. The smallest absolute Gasteiger partial charge is 0.0281 e. The number of nitrogens with zero attached hydrogens (tertiary/aromatic N) is 1. The van der Waals surface area contributed by atoms with Crippen LogP contribution in [0.25, 0.3) is 0 Å². The van der Waals surface area contributed by atoms with Crippen molar-refractivity contribution in [2.45, 2.75) is 51.1 Å². The largest absolute Gasteiger partial charge is 0.330 e. The van der Waals surface area contributed by atoms with Crippen molar-refractivity contribution >= 4 is 0 Å². The lowest BCUT2D eigenvalue weighted by Crippen LogP contribution is -2.48. The molecule has 3 unspecified atom stereocenters. The summed E-state index contributed by atoms with van der Waals surface area (Å²) in [5.41, 5.74) is 5.80. The van der Waals surface area contributed by atoms with Gasteiger partial charge < -0.3 is 5.73 Å². The summed E-state index contributed by atoms with van der Waals surface area (Å²) in [5, 5.41) is 0. The maximum absolute atomic E-state index is 5.80. The first-order chi connectivity index (χ1) is 7.31. The molecule has 0 spiro atoms. The molecule has 1 fully saturated rings. The number of hydrogen-bond donors (Lipinski definition) is 1. The van der Waals surface area contributed by atoms with Gasteiger partial charge in [-0.15, -0.1) is 0 Å². The predicted octanol–water partition coefficient (Wildman–Crippen LogP) is 2.15. The van der Waals surface area contributed by atoms with Crippen molar-refractivity contribution in [3.05, 3.63) is 12.2 Å². The monoisotopic (exact) mass is 208 g/mol. The Balaban J connectivity index is 1.98. The zero-order valence-corrected chi connectivity index (χ0v) is 9.86. The average molecular weight is 208 g/mol. The Hall–Kier alpha value is -0.340. The number of rotatable bonds is 2. The van der Waals surface area contributed by atoms with Gasteiger partial charge in [-0.3, -0.25) is 4.90 Å².